The predicted octanol–water partition coefficient (Wildman–Crippen LogP) is 3.26. The van der Waals surface area contributed by atoms with E-state index in [1.807, 2.05) is 6.92 Å². The van der Waals surface area contributed by atoms with E-state index in [1.54, 1.807) is 6.92 Å². The smallest absolute Gasteiger partial charge is 0.251 e. The fourth-order valence-corrected chi connectivity index (χ4v) is 2.94. The van der Waals surface area contributed by atoms with Gasteiger partial charge in [0.1, 0.15) is 0 Å². The van der Waals surface area contributed by atoms with Crippen molar-refractivity contribution in [3.63, 3.8) is 0 Å². The Labute approximate surface area is 146 Å². The average molecular weight is 371 g/mol. The molecule has 0 aliphatic carbocycles. The lowest BCUT2D eigenvalue weighted by Gasteiger charge is -2.15. The summed E-state index contributed by atoms with van der Waals surface area (Å²) in [6.45, 7) is 3.56. The molecule has 0 bridgehead atoms. The molecule has 25 heavy (non-hydrogen) atoms. The summed E-state index contributed by atoms with van der Waals surface area (Å²) in [5.41, 5.74) is -0.212. The molecule has 1 heterocycles. The third kappa shape index (κ3) is 4.62. The zero-order chi connectivity index (χ0) is 18.6. The maximum atomic E-state index is 13.7. The van der Waals surface area contributed by atoms with Crippen molar-refractivity contribution in [3.05, 3.63) is 51.7 Å². The highest BCUT2D eigenvalue weighted by Gasteiger charge is 2.22. The van der Waals surface area contributed by atoms with Gasteiger partial charge in [0.05, 0.1) is 10.9 Å². The number of thioether (sulfide) groups is 1. The topological polar surface area (TPSA) is 74.8 Å². The molecule has 0 saturated carbocycles. The number of aromatic amines is 1. The third-order valence-electron chi connectivity index (χ3n) is 3.35. The molecule has 2 rings (SSSR count). The highest BCUT2D eigenvalue weighted by Crippen LogP contribution is 2.25. The molecule has 1 aromatic carbocycles. The van der Waals surface area contributed by atoms with Gasteiger partial charge in [-0.25, -0.2) is 18.2 Å². The van der Waals surface area contributed by atoms with Crippen LogP contribution in [-0.2, 0) is 11.2 Å². The molecule has 134 valence electrons. The number of nitrogens with one attached hydrogen (secondary N) is 2. The molecule has 2 N–H and O–H groups in total. The minimum absolute atomic E-state index is 0.261. The lowest BCUT2D eigenvalue weighted by molar-refractivity contribution is -0.115. The van der Waals surface area contributed by atoms with Gasteiger partial charge in [0.2, 0.25) is 5.91 Å². The molecule has 0 radical (unpaired) electrons. The van der Waals surface area contributed by atoms with E-state index in [0.29, 0.717) is 18.5 Å². The molecular formula is C16H16F3N3O2S. The van der Waals surface area contributed by atoms with Crippen molar-refractivity contribution < 1.29 is 18.0 Å². The zero-order valence-corrected chi connectivity index (χ0v) is 14.3. The highest BCUT2D eigenvalue weighted by molar-refractivity contribution is 8.00. The van der Waals surface area contributed by atoms with E-state index in [1.165, 1.54) is 6.07 Å². The summed E-state index contributed by atoms with van der Waals surface area (Å²) in [6, 6.07) is 3.04. The number of aromatic nitrogens is 2. The fraction of sp³-hybridized carbons (Fsp3) is 0.312. The van der Waals surface area contributed by atoms with Crippen molar-refractivity contribution in [3.8, 4) is 0 Å². The molecule has 0 aliphatic rings. The molecule has 9 heteroatoms. The van der Waals surface area contributed by atoms with Crippen molar-refractivity contribution >= 4 is 23.4 Å². The standard InChI is InChI=1S/C16H16F3N3O2S/c1-3-8-7-12(23)22-16(20-8)25-11(4-2)15(24)21-10-6-5-9(17)13(18)14(10)19/h5-7,11H,3-4H2,1-2H3,(H,21,24)(H,20,22,23). The Balaban J connectivity index is 2.18. The first-order valence-corrected chi connectivity index (χ1v) is 8.44. The lowest BCUT2D eigenvalue weighted by atomic mass is 10.2. The molecule has 0 saturated heterocycles. The zero-order valence-electron chi connectivity index (χ0n) is 13.5. The minimum Gasteiger partial charge on any atom is -0.323 e. The van der Waals surface area contributed by atoms with Crippen molar-refractivity contribution in [2.45, 2.75) is 37.1 Å². The molecule has 0 spiro atoms. The summed E-state index contributed by atoms with van der Waals surface area (Å²) >= 11 is 1.00. The number of aryl methyl sites for hydroxylation is 1. The van der Waals surface area contributed by atoms with Crippen molar-refractivity contribution in [2.75, 3.05) is 5.32 Å². The van der Waals surface area contributed by atoms with Gasteiger partial charge in [-0.2, -0.15) is 0 Å². The van der Waals surface area contributed by atoms with Crippen LogP contribution in [-0.4, -0.2) is 21.1 Å². The number of halogens is 3. The minimum atomic E-state index is -1.65. The van der Waals surface area contributed by atoms with Crippen LogP contribution in [0.15, 0.2) is 28.2 Å². The monoisotopic (exact) mass is 371 g/mol. The van der Waals surface area contributed by atoms with E-state index in [-0.39, 0.29) is 10.7 Å². The molecule has 1 atom stereocenters. The van der Waals surface area contributed by atoms with E-state index < -0.39 is 34.3 Å². The Morgan fingerprint density at radius 1 is 1.28 bits per heavy atom. The van der Waals surface area contributed by atoms with Gasteiger partial charge in [0, 0.05) is 11.8 Å². The second-order valence-electron chi connectivity index (χ2n) is 5.12. The fourth-order valence-electron chi connectivity index (χ4n) is 2.01. The summed E-state index contributed by atoms with van der Waals surface area (Å²) in [6.07, 6.45) is 0.905. The van der Waals surface area contributed by atoms with E-state index in [2.05, 4.69) is 15.3 Å². The summed E-state index contributed by atoms with van der Waals surface area (Å²) < 4.78 is 39.9. The molecule has 1 amide bonds. The van der Waals surface area contributed by atoms with Gasteiger partial charge in [-0.15, -0.1) is 0 Å². The number of hydrogen-bond donors (Lipinski definition) is 2. The summed E-state index contributed by atoms with van der Waals surface area (Å²) in [5.74, 6) is -5.06. The molecule has 1 unspecified atom stereocenters. The number of nitrogens with zero attached hydrogens (tertiary/aromatic N) is 1. The van der Waals surface area contributed by atoms with Gasteiger partial charge in [-0.1, -0.05) is 25.6 Å². The second kappa shape index (κ2) is 8.19. The van der Waals surface area contributed by atoms with E-state index in [0.717, 1.165) is 23.9 Å². The van der Waals surface area contributed by atoms with Crippen LogP contribution in [0.4, 0.5) is 18.9 Å². The maximum Gasteiger partial charge on any atom is 0.251 e. The van der Waals surface area contributed by atoms with Gasteiger partial charge in [0.25, 0.3) is 5.56 Å². The average Bonchev–Trinajstić information content (AvgIpc) is 2.59. The van der Waals surface area contributed by atoms with Crippen LogP contribution in [0.2, 0.25) is 0 Å². The summed E-state index contributed by atoms with van der Waals surface area (Å²) in [5, 5.41) is 1.79. The highest BCUT2D eigenvalue weighted by atomic mass is 32.2. The van der Waals surface area contributed by atoms with Crippen LogP contribution in [0.25, 0.3) is 0 Å². The number of rotatable bonds is 6. The van der Waals surface area contributed by atoms with Crippen LogP contribution in [0.1, 0.15) is 26.0 Å². The second-order valence-corrected chi connectivity index (χ2v) is 6.31. The Kier molecular flexibility index (Phi) is 6.24. The van der Waals surface area contributed by atoms with Crippen molar-refractivity contribution in [2.24, 2.45) is 0 Å². The van der Waals surface area contributed by atoms with Crippen molar-refractivity contribution in [1.82, 2.24) is 9.97 Å². The summed E-state index contributed by atoms with van der Waals surface area (Å²) in [7, 11) is 0. The van der Waals surface area contributed by atoms with Crippen LogP contribution in [0.5, 0.6) is 0 Å². The van der Waals surface area contributed by atoms with E-state index in [4.69, 9.17) is 0 Å². The Hall–Kier alpha value is -2.29. The van der Waals surface area contributed by atoms with Gasteiger partial charge in [-0.05, 0) is 25.0 Å². The van der Waals surface area contributed by atoms with E-state index >= 15 is 0 Å². The molecule has 0 fully saturated rings. The van der Waals surface area contributed by atoms with Crippen LogP contribution in [0, 0.1) is 17.5 Å². The van der Waals surface area contributed by atoms with Gasteiger partial charge in [-0.3, -0.25) is 9.59 Å². The van der Waals surface area contributed by atoms with Gasteiger partial charge < -0.3 is 10.3 Å². The first kappa shape index (κ1) is 19.0. The number of carbonyl (C=O) groups excluding carboxylic acids is 1. The number of amides is 1. The van der Waals surface area contributed by atoms with Crippen LogP contribution >= 0.6 is 11.8 Å². The molecular weight excluding hydrogens is 355 g/mol. The molecule has 0 aliphatic heterocycles. The van der Waals surface area contributed by atoms with E-state index in [9.17, 15) is 22.8 Å². The van der Waals surface area contributed by atoms with Gasteiger partial charge in [0.15, 0.2) is 22.6 Å². The quantitative estimate of drug-likeness (QED) is 0.464. The maximum absolute atomic E-state index is 13.7. The van der Waals surface area contributed by atoms with Crippen LogP contribution < -0.4 is 10.9 Å². The lowest BCUT2D eigenvalue weighted by Crippen LogP contribution is -2.26. The molecule has 2 aromatic rings. The predicted molar refractivity (Wildman–Crippen MR) is 89.1 cm³/mol. The normalized spacial score (nSPS) is 12.0. The number of H-pyrrole nitrogens is 1. The first-order chi connectivity index (χ1) is 11.8. The Bertz CT molecular complexity index is 842. The molecule has 5 nitrogen and oxygen atoms in total. The van der Waals surface area contributed by atoms with Crippen LogP contribution in [0.3, 0.4) is 0 Å². The van der Waals surface area contributed by atoms with Gasteiger partial charge >= 0.3 is 0 Å². The first-order valence-electron chi connectivity index (χ1n) is 7.56. The number of benzene rings is 1. The largest absolute Gasteiger partial charge is 0.323 e. The molecule has 1 aromatic heterocycles. The number of anilines is 1. The Morgan fingerprint density at radius 3 is 2.64 bits per heavy atom. The summed E-state index contributed by atoms with van der Waals surface area (Å²) in [4.78, 5) is 30.6. The Morgan fingerprint density at radius 2 is 2.00 bits per heavy atom. The van der Waals surface area contributed by atoms with Crippen molar-refractivity contribution in [1.29, 1.82) is 0 Å². The third-order valence-corrected chi connectivity index (χ3v) is 4.59. The number of hydrogen-bond acceptors (Lipinski definition) is 4. The SMILES string of the molecule is CCc1cc(=O)[nH]c(SC(CC)C(=O)Nc2ccc(F)c(F)c2F)n1. The number of carbonyl (C=O) groups is 1.